The van der Waals surface area contributed by atoms with Crippen LogP contribution < -0.4 is 10.2 Å². The normalized spacial score (nSPS) is 10.7. The van der Waals surface area contributed by atoms with E-state index in [1.807, 2.05) is 0 Å². The molecule has 0 aliphatic carbocycles. The molecule has 2 N–H and O–H groups in total. The van der Waals surface area contributed by atoms with Gasteiger partial charge in [0.1, 0.15) is 19.1 Å². The van der Waals surface area contributed by atoms with Gasteiger partial charge in [-0.3, -0.25) is 4.79 Å². The van der Waals surface area contributed by atoms with Crippen molar-refractivity contribution in [1.82, 2.24) is 0 Å². The number of Topliss-reactive ketones (excluding diaryl/α,β-unsaturated/α-hetero) is 1. The number of hydrogen-bond acceptors (Lipinski definition) is 7. The van der Waals surface area contributed by atoms with Crippen LogP contribution in [0.15, 0.2) is 0 Å². The molecule has 0 aromatic heterocycles. The first-order valence-electron chi connectivity index (χ1n) is 7.43. The van der Waals surface area contributed by atoms with Crippen LogP contribution in [-0.4, -0.2) is 105 Å². The Morgan fingerprint density at radius 3 is 1.21 bits per heavy atom. The minimum Gasteiger partial charge on any atom is -0.550 e. The van der Waals surface area contributed by atoms with Gasteiger partial charge in [0.05, 0.1) is 55.5 Å². The number of aliphatic carboxylic acids is 2. The Morgan fingerprint density at radius 2 is 1.08 bits per heavy atom. The molecule has 144 valence electrons. The average Bonchev–Trinajstić information content (AvgIpc) is 2.34. The molecule has 0 aliphatic heterocycles. The van der Waals surface area contributed by atoms with Crippen LogP contribution in [0.5, 0.6) is 0 Å². The Balaban J connectivity index is -0.000000283. The fraction of sp³-hybridized carbons (Fsp3) is 0.800. The van der Waals surface area contributed by atoms with Gasteiger partial charge in [-0.1, -0.05) is 0 Å². The summed E-state index contributed by atoms with van der Waals surface area (Å²) in [5, 5.41) is 36.1. The van der Waals surface area contributed by atoms with Crippen molar-refractivity contribution in [3.8, 4) is 0 Å². The smallest absolute Gasteiger partial charge is 0.178 e. The maximum absolute atomic E-state index is 10.1. The van der Waals surface area contributed by atoms with Crippen LogP contribution >= 0.6 is 0 Å². The number of ketones is 1. The number of carboxylic acid groups (broad SMARTS) is 2. The molecular formula is C15H32N2O7. The molecule has 0 radical (unpaired) electrons. The van der Waals surface area contributed by atoms with Crippen LogP contribution in [-0.2, 0) is 14.4 Å². The molecule has 0 aliphatic rings. The summed E-state index contributed by atoms with van der Waals surface area (Å²) in [7, 11) is 12.3. The SMILES string of the molecule is C[N+](C)(C)CCO.C[N+](C)(C)CCO.O=C([O-])CCC(=O)C(=O)[O-]. The number of aliphatic hydroxyl groups is 2. The molecule has 0 unspecified atom stereocenters. The quantitative estimate of drug-likeness (QED) is 0.337. The number of rotatable bonds is 8. The minimum atomic E-state index is -1.86. The lowest BCUT2D eigenvalue weighted by Crippen LogP contribution is -2.36. The largest absolute Gasteiger partial charge is 0.550 e. The van der Waals surface area contributed by atoms with Gasteiger partial charge in [0.2, 0.25) is 0 Å². The van der Waals surface area contributed by atoms with E-state index >= 15 is 0 Å². The fourth-order valence-corrected chi connectivity index (χ4v) is 0.918. The first kappa shape index (κ1) is 27.3. The zero-order valence-electron chi connectivity index (χ0n) is 15.6. The molecule has 0 bridgehead atoms. The van der Waals surface area contributed by atoms with E-state index in [0.29, 0.717) is 0 Å². The van der Waals surface area contributed by atoms with Gasteiger partial charge < -0.3 is 39.0 Å². The van der Waals surface area contributed by atoms with E-state index in [9.17, 15) is 24.6 Å². The second kappa shape index (κ2) is 13.8. The predicted octanol–water partition coefficient (Wildman–Crippen LogP) is -3.79. The van der Waals surface area contributed by atoms with E-state index in [1.54, 1.807) is 0 Å². The Morgan fingerprint density at radius 1 is 0.750 bits per heavy atom. The molecule has 0 fully saturated rings. The van der Waals surface area contributed by atoms with Crippen LogP contribution in [0.1, 0.15) is 12.8 Å². The Hall–Kier alpha value is -1.55. The second-order valence-electron chi connectivity index (χ2n) is 7.06. The van der Waals surface area contributed by atoms with Crippen LogP contribution in [0.2, 0.25) is 0 Å². The highest BCUT2D eigenvalue weighted by Gasteiger charge is 2.03. The molecule has 0 heterocycles. The van der Waals surface area contributed by atoms with Crippen LogP contribution in [0.4, 0.5) is 0 Å². The van der Waals surface area contributed by atoms with Crippen LogP contribution in [0.25, 0.3) is 0 Å². The fourth-order valence-electron chi connectivity index (χ4n) is 0.918. The second-order valence-corrected chi connectivity index (χ2v) is 7.06. The summed E-state index contributed by atoms with van der Waals surface area (Å²) in [5.74, 6) is -4.53. The zero-order chi connectivity index (χ0) is 20.0. The van der Waals surface area contributed by atoms with Crippen molar-refractivity contribution in [2.45, 2.75) is 12.8 Å². The molecule has 0 rings (SSSR count). The van der Waals surface area contributed by atoms with Crippen LogP contribution in [0.3, 0.4) is 0 Å². The standard InChI is InChI=1S/2C5H14NO.C5H6O5/c2*1-6(2,3)4-5-7;6-3(5(9)10)1-2-4(7)8/h2*7H,4-5H2,1-3H3;1-2H2,(H,7,8)(H,9,10)/q2*+1;/p-2. The van der Waals surface area contributed by atoms with Gasteiger partial charge >= 0.3 is 0 Å². The monoisotopic (exact) mass is 352 g/mol. The lowest BCUT2D eigenvalue weighted by atomic mass is 10.2. The molecular weight excluding hydrogens is 320 g/mol. The average molecular weight is 352 g/mol. The summed E-state index contributed by atoms with van der Waals surface area (Å²) in [5.41, 5.74) is 0. The van der Waals surface area contributed by atoms with E-state index in [1.165, 1.54) is 0 Å². The summed E-state index contributed by atoms with van der Waals surface area (Å²) in [6.07, 6.45) is -1.14. The maximum Gasteiger partial charge on any atom is 0.178 e. The van der Waals surface area contributed by atoms with Gasteiger partial charge in [-0.15, -0.1) is 0 Å². The van der Waals surface area contributed by atoms with Crippen molar-refractivity contribution in [3.63, 3.8) is 0 Å². The molecule has 0 atom stereocenters. The molecule has 9 nitrogen and oxygen atoms in total. The lowest BCUT2D eigenvalue weighted by Gasteiger charge is -2.21. The van der Waals surface area contributed by atoms with Crippen molar-refractivity contribution >= 4 is 17.7 Å². The van der Waals surface area contributed by atoms with E-state index < -0.39 is 30.6 Å². The van der Waals surface area contributed by atoms with Gasteiger partial charge in [-0.25, -0.2) is 0 Å². The zero-order valence-corrected chi connectivity index (χ0v) is 15.6. The van der Waals surface area contributed by atoms with Crippen LogP contribution in [0, 0.1) is 0 Å². The van der Waals surface area contributed by atoms with Gasteiger partial charge in [-0.2, -0.15) is 0 Å². The maximum atomic E-state index is 10.1. The molecule has 0 spiro atoms. The summed E-state index contributed by atoms with van der Waals surface area (Å²) in [4.78, 5) is 29.4. The van der Waals surface area contributed by atoms with Crippen molar-refractivity contribution in [2.24, 2.45) is 0 Å². The number of hydrogen-bond donors (Lipinski definition) is 2. The number of aliphatic hydroxyl groups excluding tert-OH is 2. The highest BCUT2D eigenvalue weighted by molar-refractivity contribution is 6.31. The molecule has 0 amide bonds. The van der Waals surface area contributed by atoms with Gasteiger partial charge in [0, 0.05) is 12.4 Å². The Kier molecular flexibility index (Phi) is 15.8. The van der Waals surface area contributed by atoms with Gasteiger partial charge in [0.25, 0.3) is 0 Å². The number of carboxylic acids is 2. The van der Waals surface area contributed by atoms with E-state index in [-0.39, 0.29) is 13.2 Å². The van der Waals surface area contributed by atoms with E-state index in [4.69, 9.17) is 10.2 Å². The molecule has 0 saturated heterocycles. The first-order valence-corrected chi connectivity index (χ1v) is 7.43. The number of likely N-dealkylation sites (N-methyl/N-ethyl adjacent to an activating group) is 2. The summed E-state index contributed by atoms with van der Waals surface area (Å²) in [6, 6.07) is 0. The van der Waals surface area contributed by atoms with E-state index in [0.717, 1.165) is 22.1 Å². The van der Waals surface area contributed by atoms with Crippen molar-refractivity contribution in [1.29, 1.82) is 0 Å². The summed E-state index contributed by atoms with van der Waals surface area (Å²) < 4.78 is 1.69. The Labute approximate surface area is 143 Å². The number of carbonyl (C=O) groups is 3. The summed E-state index contributed by atoms with van der Waals surface area (Å²) in [6.45, 7) is 2.23. The van der Waals surface area contributed by atoms with Crippen molar-refractivity contribution in [3.05, 3.63) is 0 Å². The lowest BCUT2D eigenvalue weighted by molar-refractivity contribution is -0.870. The third kappa shape index (κ3) is 32.4. The summed E-state index contributed by atoms with van der Waals surface area (Å²) >= 11 is 0. The third-order valence-corrected chi connectivity index (χ3v) is 2.33. The van der Waals surface area contributed by atoms with Gasteiger partial charge in [0.15, 0.2) is 5.78 Å². The topological polar surface area (TPSA) is 138 Å². The molecule has 0 aromatic rings. The predicted molar refractivity (Wildman–Crippen MR) is 84.2 cm³/mol. The molecule has 0 saturated carbocycles. The molecule has 24 heavy (non-hydrogen) atoms. The number of nitrogens with zero attached hydrogens (tertiary/aromatic N) is 2. The van der Waals surface area contributed by atoms with Crippen molar-refractivity contribution in [2.75, 3.05) is 68.6 Å². The molecule has 9 heteroatoms. The highest BCUT2D eigenvalue weighted by atomic mass is 16.4. The number of carbonyl (C=O) groups excluding carboxylic acids is 3. The van der Waals surface area contributed by atoms with E-state index in [2.05, 4.69) is 42.3 Å². The number of quaternary nitrogens is 2. The van der Waals surface area contributed by atoms with Gasteiger partial charge in [-0.05, 0) is 6.42 Å². The third-order valence-electron chi connectivity index (χ3n) is 2.33. The molecule has 0 aromatic carbocycles. The van der Waals surface area contributed by atoms with Crippen molar-refractivity contribution < 1.29 is 43.8 Å². The first-order chi connectivity index (χ1) is 10.7. The highest BCUT2D eigenvalue weighted by Crippen LogP contribution is 1.87. The Bertz CT molecular complexity index is 355. The minimum absolute atomic E-state index is 0.281.